The normalized spacial score (nSPS) is 24.4. The zero-order valence-electron chi connectivity index (χ0n) is 15.6. The number of carbonyl (C=O) groups is 2. The molecule has 0 heterocycles. The molecule has 1 aromatic rings. The van der Waals surface area contributed by atoms with Crippen molar-refractivity contribution in [2.24, 2.45) is 5.92 Å². The Kier molecular flexibility index (Phi) is 6.09. The number of carboxylic acid groups (broad SMARTS) is 1. The Morgan fingerprint density at radius 1 is 1.36 bits per heavy atom. The summed E-state index contributed by atoms with van der Waals surface area (Å²) < 4.78 is 5.39. The number of benzene rings is 1. The third kappa shape index (κ3) is 4.14. The fraction of sp³-hybridized carbons (Fsp3) is 0.600. The van der Waals surface area contributed by atoms with Crippen LogP contribution < -0.4 is 10.1 Å². The van der Waals surface area contributed by atoms with Crippen LogP contribution in [0.2, 0.25) is 0 Å². The van der Waals surface area contributed by atoms with E-state index in [9.17, 15) is 14.7 Å². The first-order chi connectivity index (χ1) is 11.8. The summed E-state index contributed by atoms with van der Waals surface area (Å²) in [5, 5.41) is 12.6. The van der Waals surface area contributed by atoms with Crippen LogP contribution in [-0.2, 0) is 9.59 Å². The summed E-state index contributed by atoms with van der Waals surface area (Å²) in [5.41, 5.74) is 0.677. The van der Waals surface area contributed by atoms with Gasteiger partial charge < -0.3 is 15.2 Å². The molecule has 1 aliphatic rings. The van der Waals surface area contributed by atoms with Gasteiger partial charge >= 0.3 is 5.97 Å². The van der Waals surface area contributed by atoms with E-state index >= 15 is 0 Å². The fourth-order valence-electron chi connectivity index (χ4n) is 3.63. The molecule has 1 amide bonds. The van der Waals surface area contributed by atoms with E-state index in [1.54, 1.807) is 14.0 Å². The molecule has 1 saturated carbocycles. The maximum Gasteiger partial charge on any atom is 0.329 e. The highest BCUT2D eigenvalue weighted by molar-refractivity contribution is 5.90. The lowest BCUT2D eigenvalue weighted by Gasteiger charge is -2.38. The molecule has 0 bridgehead atoms. The highest BCUT2D eigenvalue weighted by atomic mass is 16.5. The molecule has 1 unspecified atom stereocenters. The first-order valence-electron chi connectivity index (χ1n) is 9.03. The SMILES string of the molecule is CCC1CCC(NC(=O)C(C)c2ccc(C)cc2OC)(C(=O)O)CC1. The van der Waals surface area contributed by atoms with Gasteiger partial charge in [-0.3, -0.25) is 4.79 Å². The quantitative estimate of drug-likeness (QED) is 0.824. The van der Waals surface area contributed by atoms with E-state index < -0.39 is 17.4 Å². The standard InChI is InChI=1S/C20H29NO4/c1-5-15-8-10-20(11-9-15,19(23)24)21-18(22)14(3)16-7-6-13(2)12-17(16)25-4/h6-7,12,14-15H,5,8-11H2,1-4H3,(H,21,22)(H,23,24). The van der Waals surface area contributed by atoms with Crippen LogP contribution in [0.1, 0.15) is 63.0 Å². The molecule has 2 rings (SSSR count). The largest absolute Gasteiger partial charge is 0.496 e. The Morgan fingerprint density at radius 3 is 2.52 bits per heavy atom. The third-order valence-corrected chi connectivity index (χ3v) is 5.56. The molecule has 0 spiro atoms. The topological polar surface area (TPSA) is 75.6 Å². The van der Waals surface area contributed by atoms with Crippen LogP contribution in [0.5, 0.6) is 5.75 Å². The molecule has 0 radical (unpaired) electrons. The number of hydrogen-bond donors (Lipinski definition) is 2. The summed E-state index contributed by atoms with van der Waals surface area (Å²) in [6.45, 7) is 5.88. The molecule has 5 heteroatoms. The summed E-state index contributed by atoms with van der Waals surface area (Å²) in [6.07, 6.45) is 3.71. The number of methoxy groups -OCH3 is 1. The first-order valence-corrected chi connectivity index (χ1v) is 9.03. The second kappa shape index (κ2) is 7.89. The van der Waals surface area contributed by atoms with E-state index in [2.05, 4.69) is 12.2 Å². The van der Waals surface area contributed by atoms with Crippen LogP contribution >= 0.6 is 0 Å². The van der Waals surface area contributed by atoms with Crippen molar-refractivity contribution in [3.8, 4) is 5.75 Å². The zero-order valence-corrected chi connectivity index (χ0v) is 15.6. The van der Waals surface area contributed by atoms with Crippen LogP contribution in [0.15, 0.2) is 18.2 Å². The van der Waals surface area contributed by atoms with E-state index in [-0.39, 0.29) is 5.91 Å². The van der Waals surface area contributed by atoms with Crippen molar-refractivity contribution in [1.82, 2.24) is 5.32 Å². The molecule has 0 aromatic heterocycles. The highest BCUT2D eigenvalue weighted by Gasteiger charge is 2.43. The predicted molar refractivity (Wildman–Crippen MR) is 96.9 cm³/mol. The summed E-state index contributed by atoms with van der Waals surface area (Å²) in [5.74, 6) is -0.464. The van der Waals surface area contributed by atoms with Crippen LogP contribution in [0.4, 0.5) is 0 Å². The van der Waals surface area contributed by atoms with Gasteiger partial charge in [-0.2, -0.15) is 0 Å². The Balaban J connectivity index is 2.17. The maximum atomic E-state index is 12.8. The lowest BCUT2D eigenvalue weighted by atomic mass is 9.75. The summed E-state index contributed by atoms with van der Waals surface area (Å²) in [6, 6.07) is 5.69. The Labute approximate surface area is 149 Å². The number of carboxylic acids is 1. The van der Waals surface area contributed by atoms with Crippen molar-refractivity contribution < 1.29 is 19.4 Å². The van der Waals surface area contributed by atoms with Gasteiger partial charge in [0, 0.05) is 5.56 Å². The molecule has 1 fully saturated rings. The average molecular weight is 347 g/mol. The van der Waals surface area contributed by atoms with E-state index in [0.717, 1.165) is 30.4 Å². The fourth-order valence-corrected chi connectivity index (χ4v) is 3.63. The number of nitrogens with one attached hydrogen (secondary N) is 1. The predicted octanol–water partition coefficient (Wildman–Crippen LogP) is 3.65. The monoisotopic (exact) mass is 347 g/mol. The Morgan fingerprint density at radius 2 is 2.00 bits per heavy atom. The number of aryl methyl sites for hydroxylation is 1. The van der Waals surface area contributed by atoms with Crippen LogP contribution in [0.3, 0.4) is 0 Å². The van der Waals surface area contributed by atoms with Gasteiger partial charge in [0.25, 0.3) is 0 Å². The van der Waals surface area contributed by atoms with Gasteiger partial charge in [0.15, 0.2) is 0 Å². The molecule has 1 aromatic carbocycles. The maximum absolute atomic E-state index is 12.8. The minimum absolute atomic E-state index is 0.264. The molecule has 2 N–H and O–H groups in total. The van der Waals surface area contributed by atoms with E-state index in [1.165, 1.54) is 0 Å². The summed E-state index contributed by atoms with van der Waals surface area (Å²) in [4.78, 5) is 24.7. The number of rotatable bonds is 6. The summed E-state index contributed by atoms with van der Waals surface area (Å²) in [7, 11) is 1.58. The van der Waals surface area contributed by atoms with Gasteiger partial charge in [0.05, 0.1) is 13.0 Å². The van der Waals surface area contributed by atoms with Gasteiger partial charge in [-0.25, -0.2) is 4.79 Å². The molecule has 25 heavy (non-hydrogen) atoms. The Hall–Kier alpha value is -2.04. The van der Waals surface area contributed by atoms with Gasteiger partial charge in [0.2, 0.25) is 5.91 Å². The minimum atomic E-state index is -1.14. The van der Waals surface area contributed by atoms with Crippen molar-refractivity contribution in [3.05, 3.63) is 29.3 Å². The molecule has 1 aliphatic carbocycles. The molecule has 5 nitrogen and oxygen atoms in total. The molecular weight excluding hydrogens is 318 g/mol. The third-order valence-electron chi connectivity index (χ3n) is 5.56. The van der Waals surface area contributed by atoms with Crippen LogP contribution in [0.25, 0.3) is 0 Å². The van der Waals surface area contributed by atoms with Gasteiger partial charge in [-0.05, 0) is 57.1 Å². The lowest BCUT2D eigenvalue weighted by Crippen LogP contribution is -2.57. The average Bonchev–Trinajstić information content (AvgIpc) is 2.61. The second-order valence-electron chi connectivity index (χ2n) is 7.20. The van der Waals surface area contributed by atoms with Gasteiger partial charge in [0.1, 0.15) is 11.3 Å². The lowest BCUT2D eigenvalue weighted by molar-refractivity contribution is -0.150. The Bertz CT molecular complexity index is 633. The highest BCUT2D eigenvalue weighted by Crippen LogP contribution is 2.35. The molecule has 1 atom stereocenters. The van der Waals surface area contributed by atoms with Crippen molar-refractivity contribution in [2.45, 2.75) is 64.3 Å². The second-order valence-corrected chi connectivity index (χ2v) is 7.20. The number of aliphatic carboxylic acids is 1. The number of ether oxygens (including phenoxy) is 1. The van der Waals surface area contributed by atoms with Gasteiger partial charge in [-0.15, -0.1) is 0 Å². The van der Waals surface area contributed by atoms with Crippen LogP contribution in [-0.4, -0.2) is 29.6 Å². The molecular formula is C20H29NO4. The molecule has 0 saturated heterocycles. The van der Waals surface area contributed by atoms with Gasteiger partial charge in [-0.1, -0.05) is 25.5 Å². The minimum Gasteiger partial charge on any atom is -0.496 e. The van der Waals surface area contributed by atoms with E-state index in [1.807, 2.05) is 25.1 Å². The zero-order chi connectivity index (χ0) is 18.6. The summed E-state index contributed by atoms with van der Waals surface area (Å²) >= 11 is 0. The number of carbonyl (C=O) groups excluding carboxylic acids is 1. The first kappa shape index (κ1) is 19.3. The molecule has 0 aliphatic heterocycles. The van der Waals surface area contributed by atoms with Crippen molar-refractivity contribution in [1.29, 1.82) is 0 Å². The number of amides is 1. The molecule has 138 valence electrons. The van der Waals surface area contributed by atoms with Crippen molar-refractivity contribution >= 4 is 11.9 Å². The van der Waals surface area contributed by atoms with Crippen LogP contribution in [0, 0.1) is 12.8 Å². The number of hydrogen-bond acceptors (Lipinski definition) is 3. The smallest absolute Gasteiger partial charge is 0.329 e. The van der Waals surface area contributed by atoms with E-state index in [0.29, 0.717) is 24.5 Å². The van der Waals surface area contributed by atoms with Crippen molar-refractivity contribution in [2.75, 3.05) is 7.11 Å². The van der Waals surface area contributed by atoms with E-state index in [4.69, 9.17) is 4.74 Å². The van der Waals surface area contributed by atoms with Crippen molar-refractivity contribution in [3.63, 3.8) is 0 Å².